The Morgan fingerprint density at radius 2 is 1.84 bits per heavy atom. The molecule has 2 unspecified atom stereocenters. The second-order valence-electron chi connectivity index (χ2n) is 4.78. The molecule has 102 valence electrons. The zero-order chi connectivity index (χ0) is 13.9. The van der Waals surface area contributed by atoms with E-state index < -0.39 is 15.1 Å². The Morgan fingerprint density at radius 1 is 1.21 bits per heavy atom. The van der Waals surface area contributed by atoms with Gasteiger partial charge in [0.2, 0.25) is 0 Å². The molecule has 0 aromatic heterocycles. The number of hydrogen-bond donors (Lipinski definition) is 0. The van der Waals surface area contributed by atoms with Crippen LogP contribution in [0.4, 0.5) is 0 Å². The molecule has 0 aliphatic heterocycles. The first kappa shape index (κ1) is 13.9. The Balaban J connectivity index is 2.32. The van der Waals surface area contributed by atoms with E-state index in [2.05, 4.69) is 6.07 Å². The molecule has 0 amide bonds. The molecular weight excluding hydrogens is 262 g/mol. The third kappa shape index (κ3) is 2.74. The minimum Gasteiger partial charge on any atom is -0.497 e. The van der Waals surface area contributed by atoms with E-state index in [1.54, 1.807) is 24.3 Å². The third-order valence-electron chi connectivity index (χ3n) is 3.65. The predicted molar refractivity (Wildman–Crippen MR) is 71.5 cm³/mol. The molecule has 1 aliphatic carbocycles. The Kier molecular flexibility index (Phi) is 4.11. The fraction of sp³-hybridized carbons (Fsp3) is 0.500. The van der Waals surface area contributed by atoms with Gasteiger partial charge in [-0.1, -0.05) is 12.8 Å². The molecule has 1 aliphatic rings. The number of hydrogen-bond acceptors (Lipinski definition) is 4. The lowest BCUT2D eigenvalue weighted by Crippen LogP contribution is -2.32. The average Bonchev–Trinajstić information content (AvgIpc) is 2.47. The molecule has 0 radical (unpaired) electrons. The maximum atomic E-state index is 12.6. The molecule has 1 aromatic rings. The largest absolute Gasteiger partial charge is 0.497 e. The van der Waals surface area contributed by atoms with Gasteiger partial charge in [-0.2, -0.15) is 5.26 Å². The van der Waals surface area contributed by atoms with Gasteiger partial charge < -0.3 is 4.74 Å². The van der Waals surface area contributed by atoms with Crippen LogP contribution in [0.3, 0.4) is 0 Å². The predicted octanol–water partition coefficient (Wildman–Crippen LogP) is 2.55. The number of rotatable bonds is 3. The van der Waals surface area contributed by atoms with E-state index in [-0.39, 0.29) is 10.8 Å². The van der Waals surface area contributed by atoms with Crippen molar-refractivity contribution in [3.05, 3.63) is 24.3 Å². The maximum absolute atomic E-state index is 12.6. The monoisotopic (exact) mass is 279 g/mol. The summed E-state index contributed by atoms with van der Waals surface area (Å²) in [4.78, 5) is 0.278. The highest BCUT2D eigenvalue weighted by molar-refractivity contribution is 7.92. The highest BCUT2D eigenvalue weighted by Gasteiger charge is 2.36. The molecule has 0 heterocycles. The summed E-state index contributed by atoms with van der Waals surface area (Å²) < 4.78 is 30.2. The van der Waals surface area contributed by atoms with Gasteiger partial charge in [0, 0.05) is 0 Å². The quantitative estimate of drug-likeness (QED) is 0.852. The van der Waals surface area contributed by atoms with Crippen molar-refractivity contribution in [2.24, 2.45) is 5.92 Å². The van der Waals surface area contributed by atoms with E-state index in [1.807, 2.05) is 0 Å². The van der Waals surface area contributed by atoms with E-state index >= 15 is 0 Å². The Morgan fingerprint density at radius 3 is 2.42 bits per heavy atom. The minimum atomic E-state index is -3.43. The van der Waals surface area contributed by atoms with Gasteiger partial charge in [-0.3, -0.25) is 0 Å². The molecule has 19 heavy (non-hydrogen) atoms. The first-order valence-electron chi connectivity index (χ1n) is 6.37. The summed E-state index contributed by atoms with van der Waals surface area (Å²) in [6.07, 6.45) is 3.06. The summed E-state index contributed by atoms with van der Waals surface area (Å²) in [5.41, 5.74) is 0. The zero-order valence-electron chi connectivity index (χ0n) is 10.9. The lowest BCUT2D eigenvalue weighted by molar-refractivity contribution is 0.413. The van der Waals surface area contributed by atoms with Crippen LogP contribution < -0.4 is 4.74 Å². The summed E-state index contributed by atoms with van der Waals surface area (Å²) in [6.45, 7) is 0. The van der Waals surface area contributed by atoms with Gasteiger partial charge in [-0.15, -0.1) is 0 Å². The summed E-state index contributed by atoms with van der Waals surface area (Å²) in [5, 5.41) is 8.55. The number of ether oxygens (including phenoxy) is 1. The average molecular weight is 279 g/mol. The Bertz CT molecular complexity index is 572. The molecule has 1 aromatic carbocycles. The minimum absolute atomic E-state index is 0.278. The SMILES string of the molecule is COc1ccc(S(=O)(=O)C2CCCCC2C#N)cc1. The first-order valence-corrected chi connectivity index (χ1v) is 7.92. The van der Waals surface area contributed by atoms with Crippen LogP contribution >= 0.6 is 0 Å². The fourth-order valence-corrected chi connectivity index (χ4v) is 4.53. The molecule has 1 saturated carbocycles. The van der Waals surface area contributed by atoms with Gasteiger partial charge in [-0.05, 0) is 37.1 Å². The highest BCUT2D eigenvalue weighted by atomic mass is 32.2. The molecule has 5 heteroatoms. The molecule has 0 spiro atoms. The van der Waals surface area contributed by atoms with Crippen molar-refractivity contribution in [1.82, 2.24) is 0 Å². The summed E-state index contributed by atoms with van der Waals surface area (Å²) in [5.74, 6) is 0.236. The Hall–Kier alpha value is -1.54. The van der Waals surface area contributed by atoms with Crippen molar-refractivity contribution in [2.45, 2.75) is 35.8 Å². The van der Waals surface area contributed by atoms with E-state index in [4.69, 9.17) is 10.00 Å². The maximum Gasteiger partial charge on any atom is 0.182 e. The van der Waals surface area contributed by atoms with Crippen molar-refractivity contribution in [3.63, 3.8) is 0 Å². The number of benzene rings is 1. The molecule has 2 rings (SSSR count). The summed E-state index contributed by atoms with van der Waals surface area (Å²) >= 11 is 0. The normalized spacial score (nSPS) is 23.6. The van der Waals surface area contributed by atoms with Gasteiger partial charge in [0.05, 0.1) is 29.2 Å². The van der Waals surface area contributed by atoms with Gasteiger partial charge >= 0.3 is 0 Å². The molecule has 0 N–H and O–H groups in total. The van der Waals surface area contributed by atoms with Crippen LogP contribution in [0.5, 0.6) is 5.75 Å². The first-order chi connectivity index (χ1) is 9.09. The Labute approximate surface area is 113 Å². The van der Waals surface area contributed by atoms with Crippen molar-refractivity contribution in [1.29, 1.82) is 5.26 Å². The van der Waals surface area contributed by atoms with Gasteiger partial charge in [-0.25, -0.2) is 8.42 Å². The lowest BCUT2D eigenvalue weighted by atomic mass is 9.90. The second kappa shape index (κ2) is 5.62. The zero-order valence-corrected chi connectivity index (χ0v) is 11.7. The van der Waals surface area contributed by atoms with Crippen molar-refractivity contribution >= 4 is 9.84 Å². The van der Waals surface area contributed by atoms with Crippen molar-refractivity contribution in [3.8, 4) is 11.8 Å². The second-order valence-corrected chi connectivity index (χ2v) is 6.95. The van der Waals surface area contributed by atoms with Crippen LogP contribution in [0.1, 0.15) is 25.7 Å². The molecule has 1 fully saturated rings. The number of nitrogens with zero attached hydrogens (tertiary/aromatic N) is 1. The van der Waals surface area contributed by atoms with Crippen molar-refractivity contribution in [2.75, 3.05) is 7.11 Å². The van der Waals surface area contributed by atoms with Crippen LogP contribution in [0, 0.1) is 17.2 Å². The van der Waals surface area contributed by atoms with Crippen LogP contribution in [-0.4, -0.2) is 20.8 Å². The van der Waals surface area contributed by atoms with Crippen LogP contribution in [0.25, 0.3) is 0 Å². The van der Waals surface area contributed by atoms with E-state index in [0.29, 0.717) is 18.6 Å². The number of methoxy groups -OCH3 is 1. The standard InChI is InChI=1S/C14H17NO3S/c1-18-12-6-8-13(9-7-12)19(16,17)14-5-3-2-4-11(14)10-15/h6-9,11,14H,2-5H2,1H3. The third-order valence-corrected chi connectivity index (χ3v) is 5.95. The van der Waals surface area contributed by atoms with Crippen LogP contribution in [-0.2, 0) is 9.84 Å². The summed E-state index contributed by atoms with van der Waals surface area (Å²) in [7, 11) is -1.89. The van der Waals surface area contributed by atoms with Crippen molar-refractivity contribution < 1.29 is 13.2 Å². The summed E-state index contributed by atoms with van der Waals surface area (Å²) in [6, 6.07) is 8.53. The lowest BCUT2D eigenvalue weighted by Gasteiger charge is -2.26. The molecule has 0 bridgehead atoms. The smallest absolute Gasteiger partial charge is 0.182 e. The fourth-order valence-electron chi connectivity index (χ4n) is 2.56. The topological polar surface area (TPSA) is 67.2 Å². The number of sulfone groups is 1. The molecule has 0 saturated heterocycles. The van der Waals surface area contributed by atoms with E-state index in [0.717, 1.165) is 12.8 Å². The molecular formula is C14H17NO3S. The molecule has 4 nitrogen and oxygen atoms in total. The van der Waals surface area contributed by atoms with E-state index in [1.165, 1.54) is 7.11 Å². The van der Waals surface area contributed by atoms with Gasteiger partial charge in [0.15, 0.2) is 9.84 Å². The van der Waals surface area contributed by atoms with Gasteiger partial charge in [0.1, 0.15) is 5.75 Å². The van der Waals surface area contributed by atoms with E-state index in [9.17, 15) is 8.42 Å². The van der Waals surface area contributed by atoms with Crippen LogP contribution in [0.15, 0.2) is 29.2 Å². The van der Waals surface area contributed by atoms with Gasteiger partial charge in [0.25, 0.3) is 0 Å². The number of nitriles is 1. The van der Waals surface area contributed by atoms with Crippen LogP contribution in [0.2, 0.25) is 0 Å². The highest BCUT2D eigenvalue weighted by Crippen LogP contribution is 2.33. The molecule has 2 atom stereocenters.